The van der Waals surface area contributed by atoms with Crippen LogP contribution in [0.15, 0.2) is 54.7 Å². The van der Waals surface area contributed by atoms with Crippen LogP contribution in [-0.4, -0.2) is 22.3 Å². The van der Waals surface area contributed by atoms with Crippen LogP contribution in [0.5, 0.6) is 5.75 Å². The maximum atomic E-state index is 12.6. The van der Waals surface area contributed by atoms with Gasteiger partial charge in [0, 0.05) is 12.5 Å². The quantitative estimate of drug-likeness (QED) is 0.706. The Kier molecular flexibility index (Phi) is 5.14. The van der Waals surface area contributed by atoms with Crippen LogP contribution in [0.25, 0.3) is 0 Å². The van der Waals surface area contributed by atoms with Gasteiger partial charge < -0.3 is 10.1 Å². The lowest BCUT2D eigenvalue weighted by molar-refractivity contribution is -0.115. The number of hydrogen-bond acceptors (Lipinski definition) is 3. The fraction of sp³-hybridized carbons (Fsp3) is 0.333. The highest BCUT2D eigenvalue weighted by Crippen LogP contribution is 2.26. The molecular formula is C24H27N3O2. The summed E-state index contributed by atoms with van der Waals surface area (Å²) in [4.78, 5) is 12.6. The average molecular weight is 389 g/mol. The van der Waals surface area contributed by atoms with E-state index in [1.54, 1.807) is 6.20 Å². The SMILES string of the molecule is CC(C)(C)c1ccc(Cn2nccc2NC(=O)Cc2ccc3c(c2)CCO3)cc1. The third kappa shape index (κ3) is 4.50. The Bertz CT molecular complexity index is 1010. The molecule has 0 aliphatic carbocycles. The zero-order valence-corrected chi connectivity index (χ0v) is 17.2. The molecule has 1 amide bonds. The van der Waals surface area contributed by atoms with Crippen LogP contribution in [0, 0.1) is 0 Å². The van der Waals surface area contributed by atoms with Gasteiger partial charge in [-0.2, -0.15) is 5.10 Å². The van der Waals surface area contributed by atoms with Crippen LogP contribution in [-0.2, 0) is 29.6 Å². The molecule has 0 radical (unpaired) electrons. The molecule has 0 bridgehead atoms. The third-order valence-corrected chi connectivity index (χ3v) is 5.25. The van der Waals surface area contributed by atoms with Crippen molar-refractivity contribution < 1.29 is 9.53 Å². The summed E-state index contributed by atoms with van der Waals surface area (Å²) in [5.74, 6) is 1.60. The minimum atomic E-state index is -0.0475. The smallest absolute Gasteiger partial charge is 0.229 e. The number of ether oxygens (including phenoxy) is 1. The van der Waals surface area contributed by atoms with Crippen LogP contribution in [0.2, 0.25) is 0 Å². The Labute approximate surface area is 171 Å². The highest BCUT2D eigenvalue weighted by molar-refractivity contribution is 5.91. The van der Waals surface area contributed by atoms with Crippen molar-refractivity contribution in [2.24, 2.45) is 0 Å². The highest BCUT2D eigenvalue weighted by atomic mass is 16.5. The molecule has 1 aliphatic heterocycles. The van der Waals surface area contributed by atoms with E-state index in [4.69, 9.17) is 4.74 Å². The number of carbonyl (C=O) groups excluding carboxylic acids is 1. The summed E-state index contributed by atoms with van der Waals surface area (Å²) in [6.07, 6.45) is 2.95. The Hall–Kier alpha value is -3.08. The van der Waals surface area contributed by atoms with E-state index in [2.05, 4.69) is 61.5 Å². The van der Waals surface area contributed by atoms with Gasteiger partial charge in [0.2, 0.25) is 5.91 Å². The lowest BCUT2D eigenvalue weighted by atomic mass is 9.87. The first-order valence-electron chi connectivity index (χ1n) is 10.0. The minimum Gasteiger partial charge on any atom is -0.493 e. The van der Waals surface area contributed by atoms with Gasteiger partial charge in [0.25, 0.3) is 0 Å². The van der Waals surface area contributed by atoms with E-state index in [1.807, 2.05) is 22.9 Å². The molecule has 3 aromatic rings. The number of hydrogen-bond donors (Lipinski definition) is 1. The predicted molar refractivity (Wildman–Crippen MR) is 114 cm³/mol. The molecule has 1 aromatic heterocycles. The highest BCUT2D eigenvalue weighted by Gasteiger charge is 2.15. The fourth-order valence-corrected chi connectivity index (χ4v) is 3.57. The molecule has 150 valence electrons. The topological polar surface area (TPSA) is 56.2 Å². The number of benzene rings is 2. The maximum Gasteiger partial charge on any atom is 0.229 e. The molecule has 0 saturated carbocycles. The molecule has 2 aromatic carbocycles. The molecule has 5 heteroatoms. The van der Waals surface area contributed by atoms with E-state index in [-0.39, 0.29) is 11.3 Å². The van der Waals surface area contributed by atoms with Crippen molar-refractivity contribution in [3.63, 3.8) is 0 Å². The molecule has 0 saturated heterocycles. The van der Waals surface area contributed by atoms with Gasteiger partial charge >= 0.3 is 0 Å². The normalized spacial score (nSPS) is 13.1. The Morgan fingerprint density at radius 2 is 1.86 bits per heavy atom. The lowest BCUT2D eigenvalue weighted by Crippen LogP contribution is -2.18. The number of carbonyl (C=O) groups is 1. The van der Waals surface area contributed by atoms with Crippen LogP contribution in [0.3, 0.4) is 0 Å². The first-order valence-corrected chi connectivity index (χ1v) is 10.0. The molecule has 0 spiro atoms. The first kappa shape index (κ1) is 19.2. The molecule has 4 rings (SSSR count). The Morgan fingerprint density at radius 3 is 2.62 bits per heavy atom. The standard InChI is InChI=1S/C24H27N3O2/c1-24(2,3)20-7-4-17(5-8-20)16-27-22(10-12-25-27)26-23(28)15-18-6-9-21-19(14-18)11-13-29-21/h4-10,12,14H,11,13,15-16H2,1-3H3,(H,26,28). The van der Waals surface area contributed by atoms with Crippen molar-refractivity contribution in [1.82, 2.24) is 9.78 Å². The van der Waals surface area contributed by atoms with Gasteiger partial charge in [0.05, 0.1) is 25.8 Å². The number of rotatable bonds is 5. The van der Waals surface area contributed by atoms with Crippen LogP contribution in [0.4, 0.5) is 5.82 Å². The van der Waals surface area contributed by atoms with Crippen molar-refractivity contribution in [2.75, 3.05) is 11.9 Å². The van der Waals surface area contributed by atoms with Crippen molar-refractivity contribution in [1.29, 1.82) is 0 Å². The number of amides is 1. The van der Waals surface area contributed by atoms with E-state index in [0.717, 1.165) is 29.9 Å². The van der Waals surface area contributed by atoms with E-state index in [9.17, 15) is 4.79 Å². The monoisotopic (exact) mass is 389 g/mol. The van der Waals surface area contributed by atoms with E-state index in [1.165, 1.54) is 11.1 Å². The van der Waals surface area contributed by atoms with Gasteiger partial charge in [-0.05, 0) is 33.7 Å². The second kappa shape index (κ2) is 7.74. The molecule has 0 atom stereocenters. The van der Waals surface area contributed by atoms with Gasteiger partial charge in [-0.1, -0.05) is 57.2 Å². The molecule has 29 heavy (non-hydrogen) atoms. The number of anilines is 1. The molecule has 1 N–H and O–H groups in total. The van der Waals surface area contributed by atoms with E-state index in [0.29, 0.717) is 18.8 Å². The van der Waals surface area contributed by atoms with Crippen molar-refractivity contribution >= 4 is 11.7 Å². The molecular weight excluding hydrogens is 362 g/mol. The minimum absolute atomic E-state index is 0.0475. The second-order valence-corrected chi connectivity index (χ2v) is 8.59. The number of fused-ring (bicyclic) bond motifs is 1. The van der Waals surface area contributed by atoms with Gasteiger partial charge in [0.15, 0.2) is 0 Å². The Balaban J connectivity index is 1.40. The second-order valence-electron chi connectivity index (χ2n) is 8.59. The number of nitrogens with one attached hydrogen (secondary N) is 1. The van der Waals surface area contributed by atoms with E-state index < -0.39 is 0 Å². The number of nitrogens with zero attached hydrogens (tertiary/aromatic N) is 2. The largest absolute Gasteiger partial charge is 0.493 e. The van der Waals surface area contributed by atoms with Crippen molar-refractivity contribution in [2.45, 2.75) is 45.6 Å². The summed E-state index contributed by atoms with van der Waals surface area (Å²) in [5, 5.41) is 7.37. The maximum absolute atomic E-state index is 12.6. The molecule has 2 heterocycles. The lowest BCUT2D eigenvalue weighted by Gasteiger charge is -2.19. The summed E-state index contributed by atoms with van der Waals surface area (Å²) in [6, 6.07) is 16.4. The molecule has 5 nitrogen and oxygen atoms in total. The summed E-state index contributed by atoms with van der Waals surface area (Å²) in [5.41, 5.74) is 4.76. The van der Waals surface area contributed by atoms with Gasteiger partial charge in [-0.3, -0.25) is 4.79 Å². The van der Waals surface area contributed by atoms with E-state index >= 15 is 0 Å². The van der Waals surface area contributed by atoms with Crippen LogP contribution in [0.1, 0.15) is 43.0 Å². The van der Waals surface area contributed by atoms with Crippen molar-refractivity contribution in [3.05, 3.63) is 77.0 Å². The summed E-state index contributed by atoms with van der Waals surface area (Å²) in [6.45, 7) is 7.95. The van der Waals surface area contributed by atoms with Gasteiger partial charge in [-0.25, -0.2) is 4.68 Å². The zero-order valence-electron chi connectivity index (χ0n) is 17.2. The third-order valence-electron chi connectivity index (χ3n) is 5.25. The summed E-state index contributed by atoms with van der Waals surface area (Å²) < 4.78 is 7.35. The average Bonchev–Trinajstić information content (AvgIpc) is 3.30. The number of aromatic nitrogens is 2. The van der Waals surface area contributed by atoms with Crippen LogP contribution < -0.4 is 10.1 Å². The summed E-state index contributed by atoms with van der Waals surface area (Å²) >= 11 is 0. The van der Waals surface area contributed by atoms with Crippen molar-refractivity contribution in [3.8, 4) is 5.75 Å². The van der Waals surface area contributed by atoms with Gasteiger partial charge in [-0.15, -0.1) is 0 Å². The van der Waals surface area contributed by atoms with Gasteiger partial charge in [0.1, 0.15) is 11.6 Å². The summed E-state index contributed by atoms with van der Waals surface area (Å²) in [7, 11) is 0. The zero-order chi connectivity index (χ0) is 20.4. The fourth-order valence-electron chi connectivity index (χ4n) is 3.57. The predicted octanol–water partition coefficient (Wildman–Crippen LogP) is 4.35. The van der Waals surface area contributed by atoms with Crippen LogP contribution >= 0.6 is 0 Å². The molecule has 0 unspecified atom stereocenters. The molecule has 0 fully saturated rings. The first-order chi connectivity index (χ1) is 13.9. The molecule has 1 aliphatic rings. The Morgan fingerprint density at radius 1 is 1.10 bits per heavy atom.